The predicted octanol–water partition coefficient (Wildman–Crippen LogP) is 2.66. The van der Waals surface area contributed by atoms with E-state index in [4.69, 9.17) is 0 Å². The average molecular weight is 320 g/mol. The van der Waals surface area contributed by atoms with Crippen LogP contribution in [0.1, 0.15) is 25.3 Å². The van der Waals surface area contributed by atoms with E-state index < -0.39 is 0 Å². The van der Waals surface area contributed by atoms with E-state index in [2.05, 4.69) is 22.5 Å². The first-order valence-electron chi connectivity index (χ1n) is 7.58. The van der Waals surface area contributed by atoms with Crippen LogP contribution in [0.25, 0.3) is 10.9 Å². The van der Waals surface area contributed by atoms with Crippen molar-refractivity contribution in [2.75, 3.05) is 6.54 Å². The van der Waals surface area contributed by atoms with Crippen LogP contribution >= 0.6 is 12.4 Å². The molecular formula is C17H22ClN3O. The number of hydrogen-bond donors (Lipinski definition) is 2. The van der Waals surface area contributed by atoms with Gasteiger partial charge in [0.1, 0.15) is 0 Å². The summed E-state index contributed by atoms with van der Waals surface area (Å²) in [5, 5.41) is 7.56. The molecule has 0 saturated carbocycles. The van der Waals surface area contributed by atoms with E-state index in [0.29, 0.717) is 12.6 Å². The number of rotatable bonds is 3. The minimum atomic E-state index is 0. The fourth-order valence-electron chi connectivity index (χ4n) is 3.01. The van der Waals surface area contributed by atoms with Crippen molar-refractivity contribution in [3.8, 4) is 0 Å². The van der Waals surface area contributed by atoms with Crippen molar-refractivity contribution in [3.05, 3.63) is 42.1 Å². The lowest BCUT2D eigenvalue weighted by Crippen LogP contribution is -2.42. The number of nitrogens with one attached hydrogen (secondary N) is 2. The number of pyridine rings is 1. The van der Waals surface area contributed by atoms with Crippen LogP contribution in [0.2, 0.25) is 0 Å². The minimum Gasteiger partial charge on any atom is -0.352 e. The topological polar surface area (TPSA) is 54.0 Å². The van der Waals surface area contributed by atoms with E-state index in [9.17, 15) is 4.79 Å². The largest absolute Gasteiger partial charge is 0.352 e. The second kappa shape index (κ2) is 7.56. The molecule has 0 aliphatic carbocycles. The Balaban J connectivity index is 0.00000176. The van der Waals surface area contributed by atoms with Gasteiger partial charge in [0.25, 0.3) is 0 Å². The van der Waals surface area contributed by atoms with Gasteiger partial charge >= 0.3 is 0 Å². The molecule has 4 nitrogen and oxygen atoms in total. The highest BCUT2D eigenvalue weighted by Gasteiger charge is 2.24. The molecule has 1 aliphatic rings. The van der Waals surface area contributed by atoms with Crippen LogP contribution in [0.4, 0.5) is 0 Å². The summed E-state index contributed by atoms with van der Waals surface area (Å²) in [7, 11) is 0. The molecule has 1 aromatic heterocycles. The maximum absolute atomic E-state index is 12.3. The molecule has 1 aliphatic heterocycles. The van der Waals surface area contributed by atoms with Gasteiger partial charge in [0, 0.05) is 30.1 Å². The normalized spacial score (nSPS) is 21.1. The van der Waals surface area contributed by atoms with Gasteiger partial charge in [-0.05, 0) is 37.9 Å². The number of para-hydroxylation sites is 1. The Morgan fingerprint density at radius 2 is 2.18 bits per heavy atom. The number of aromatic nitrogens is 1. The van der Waals surface area contributed by atoms with Gasteiger partial charge in [-0.15, -0.1) is 12.4 Å². The van der Waals surface area contributed by atoms with E-state index in [1.807, 2.05) is 30.3 Å². The lowest BCUT2D eigenvalue weighted by molar-refractivity contribution is -0.126. The third-order valence-electron chi connectivity index (χ3n) is 4.16. The lowest BCUT2D eigenvalue weighted by Gasteiger charge is -2.27. The van der Waals surface area contributed by atoms with Crippen molar-refractivity contribution in [3.63, 3.8) is 0 Å². The van der Waals surface area contributed by atoms with Crippen molar-refractivity contribution in [1.82, 2.24) is 15.6 Å². The monoisotopic (exact) mass is 319 g/mol. The molecule has 1 aromatic carbocycles. The highest BCUT2D eigenvalue weighted by molar-refractivity contribution is 5.85. The number of halogens is 1. The predicted molar refractivity (Wildman–Crippen MR) is 91.0 cm³/mol. The second-order valence-corrected chi connectivity index (χ2v) is 5.79. The van der Waals surface area contributed by atoms with Gasteiger partial charge in [-0.1, -0.05) is 24.3 Å². The van der Waals surface area contributed by atoms with Gasteiger partial charge in [0.05, 0.1) is 5.52 Å². The molecule has 2 aromatic rings. The summed E-state index contributed by atoms with van der Waals surface area (Å²) in [4.78, 5) is 16.7. The van der Waals surface area contributed by atoms with Crippen LogP contribution in [0, 0.1) is 5.92 Å². The summed E-state index contributed by atoms with van der Waals surface area (Å²) in [6.07, 6.45) is 3.63. The van der Waals surface area contributed by atoms with Crippen LogP contribution in [-0.2, 0) is 11.3 Å². The van der Waals surface area contributed by atoms with Crippen LogP contribution < -0.4 is 10.6 Å². The second-order valence-electron chi connectivity index (χ2n) is 5.79. The first kappa shape index (κ1) is 16.7. The Morgan fingerprint density at radius 3 is 3.00 bits per heavy atom. The number of benzene rings is 1. The summed E-state index contributed by atoms with van der Waals surface area (Å²) in [6, 6.07) is 10.5. The Kier molecular flexibility index (Phi) is 5.75. The maximum Gasteiger partial charge on any atom is 0.223 e. The molecule has 3 rings (SSSR count). The van der Waals surface area contributed by atoms with E-state index in [0.717, 1.165) is 35.9 Å². The molecule has 0 radical (unpaired) electrons. The SMILES string of the molecule is C[C@H]1C[C@@H](C(=O)NCc2cccc3cccnc23)CCN1.Cl. The lowest BCUT2D eigenvalue weighted by atomic mass is 9.92. The fraction of sp³-hybridized carbons (Fsp3) is 0.412. The molecule has 2 heterocycles. The van der Waals surface area contributed by atoms with Gasteiger partial charge in [-0.25, -0.2) is 0 Å². The van der Waals surface area contributed by atoms with Gasteiger partial charge in [-0.3, -0.25) is 9.78 Å². The van der Waals surface area contributed by atoms with Gasteiger partial charge in [0.15, 0.2) is 0 Å². The molecule has 2 atom stereocenters. The highest BCUT2D eigenvalue weighted by Crippen LogP contribution is 2.18. The van der Waals surface area contributed by atoms with E-state index in [1.54, 1.807) is 6.20 Å². The Morgan fingerprint density at radius 1 is 1.36 bits per heavy atom. The molecule has 1 amide bonds. The van der Waals surface area contributed by atoms with E-state index >= 15 is 0 Å². The third-order valence-corrected chi connectivity index (χ3v) is 4.16. The number of carbonyl (C=O) groups excluding carboxylic acids is 1. The van der Waals surface area contributed by atoms with Gasteiger partial charge in [0.2, 0.25) is 5.91 Å². The summed E-state index contributed by atoms with van der Waals surface area (Å²) in [6.45, 7) is 3.61. The molecule has 118 valence electrons. The van der Waals surface area contributed by atoms with E-state index in [1.165, 1.54) is 0 Å². The molecule has 2 N–H and O–H groups in total. The average Bonchev–Trinajstić information content (AvgIpc) is 2.52. The standard InChI is InChI=1S/C17H21N3O.ClH/c1-12-10-14(7-9-18-12)17(21)20-11-15-5-2-4-13-6-3-8-19-16(13)15;/h2-6,8,12,14,18H,7,9-11H2,1H3,(H,20,21);1H/t12-,14-;/m0./s1. The first-order chi connectivity index (χ1) is 10.2. The van der Waals surface area contributed by atoms with Crippen molar-refractivity contribution in [1.29, 1.82) is 0 Å². The number of piperidine rings is 1. The summed E-state index contributed by atoms with van der Waals surface area (Å²) in [5.41, 5.74) is 2.04. The fourth-order valence-corrected chi connectivity index (χ4v) is 3.01. The summed E-state index contributed by atoms with van der Waals surface area (Å²) < 4.78 is 0. The van der Waals surface area contributed by atoms with Crippen molar-refractivity contribution >= 4 is 29.2 Å². The van der Waals surface area contributed by atoms with E-state index in [-0.39, 0.29) is 24.2 Å². The summed E-state index contributed by atoms with van der Waals surface area (Å²) >= 11 is 0. The first-order valence-corrected chi connectivity index (χ1v) is 7.58. The number of amides is 1. The van der Waals surface area contributed by atoms with Crippen LogP contribution in [0.5, 0.6) is 0 Å². The van der Waals surface area contributed by atoms with Crippen LogP contribution in [0.3, 0.4) is 0 Å². The Labute approximate surface area is 137 Å². The highest BCUT2D eigenvalue weighted by atomic mass is 35.5. The molecule has 5 heteroatoms. The third kappa shape index (κ3) is 3.76. The minimum absolute atomic E-state index is 0. The van der Waals surface area contributed by atoms with Crippen LogP contribution in [0.15, 0.2) is 36.5 Å². The molecule has 0 unspecified atom stereocenters. The zero-order chi connectivity index (χ0) is 14.7. The molecule has 0 bridgehead atoms. The zero-order valence-electron chi connectivity index (χ0n) is 12.7. The van der Waals surface area contributed by atoms with Gasteiger partial charge in [-0.2, -0.15) is 0 Å². The Hall–Kier alpha value is -1.65. The maximum atomic E-state index is 12.3. The van der Waals surface area contributed by atoms with Crippen molar-refractivity contribution in [2.24, 2.45) is 5.92 Å². The molecule has 22 heavy (non-hydrogen) atoms. The molecule has 1 fully saturated rings. The molecular weight excluding hydrogens is 298 g/mol. The Bertz CT molecular complexity index is 641. The number of hydrogen-bond acceptors (Lipinski definition) is 3. The van der Waals surface area contributed by atoms with Crippen molar-refractivity contribution in [2.45, 2.75) is 32.4 Å². The van der Waals surface area contributed by atoms with Gasteiger partial charge < -0.3 is 10.6 Å². The van der Waals surface area contributed by atoms with Crippen LogP contribution in [-0.4, -0.2) is 23.5 Å². The summed E-state index contributed by atoms with van der Waals surface area (Å²) in [5.74, 6) is 0.292. The number of fused-ring (bicyclic) bond motifs is 1. The quantitative estimate of drug-likeness (QED) is 0.914. The smallest absolute Gasteiger partial charge is 0.223 e. The zero-order valence-corrected chi connectivity index (χ0v) is 13.5. The number of carbonyl (C=O) groups is 1. The number of nitrogens with zero attached hydrogens (tertiary/aromatic N) is 1. The molecule has 1 saturated heterocycles. The van der Waals surface area contributed by atoms with Crippen molar-refractivity contribution < 1.29 is 4.79 Å². The molecule has 0 spiro atoms.